The third-order valence-corrected chi connectivity index (χ3v) is 4.35. The fourth-order valence-corrected chi connectivity index (χ4v) is 2.91. The molecule has 2 amide bonds. The van der Waals surface area contributed by atoms with Crippen LogP contribution in [0.2, 0.25) is 0 Å². The van der Waals surface area contributed by atoms with Crippen molar-refractivity contribution in [3.8, 4) is 0 Å². The molecule has 3 rings (SSSR count). The lowest BCUT2D eigenvalue weighted by atomic mass is 10.1. The van der Waals surface area contributed by atoms with Crippen LogP contribution in [0.25, 0.3) is 10.8 Å². The Bertz CT molecular complexity index is 856. The van der Waals surface area contributed by atoms with E-state index in [4.69, 9.17) is 0 Å². The molecule has 0 heterocycles. The first-order valence-corrected chi connectivity index (χ1v) is 8.86. The molecule has 0 aromatic heterocycles. The van der Waals surface area contributed by atoms with Crippen molar-refractivity contribution in [2.45, 2.75) is 6.54 Å². The zero-order valence-corrected chi connectivity index (χ0v) is 15.4. The fourth-order valence-electron chi connectivity index (χ4n) is 2.91. The lowest BCUT2D eigenvalue weighted by Crippen LogP contribution is -2.39. The summed E-state index contributed by atoms with van der Waals surface area (Å²) in [4.78, 5) is 16.9. The van der Waals surface area contributed by atoms with Gasteiger partial charge in [-0.1, -0.05) is 66.7 Å². The van der Waals surface area contributed by atoms with Crippen molar-refractivity contribution in [1.29, 1.82) is 0 Å². The van der Waals surface area contributed by atoms with E-state index in [0.29, 0.717) is 13.1 Å². The number of anilines is 1. The Hall–Kier alpha value is -2.85. The zero-order chi connectivity index (χ0) is 18.4. The van der Waals surface area contributed by atoms with Crippen molar-refractivity contribution in [3.05, 3.63) is 78.4 Å². The maximum atomic E-state index is 13.0. The predicted octanol–water partition coefficient (Wildman–Crippen LogP) is 4.44. The molecular weight excluding hydrogens is 322 g/mol. The minimum absolute atomic E-state index is 0.0768. The molecule has 0 aliphatic rings. The number of urea groups is 1. The summed E-state index contributed by atoms with van der Waals surface area (Å²) in [5.74, 6) is 0. The summed E-state index contributed by atoms with van der Waals surface area (Å²) in [5, 5.41) is 5.27. The van der Waals surface area contributed by atoms with Gasteiger partial charge in [-0.2, -0.15) is 0 Å². The second kappa shape index (κ2) is 8.50. The van der Waals surface area contributed by atoms with E-state index in [2.05, 4.69) is 22.3 Å². The van der Waals surface area contributed by atoms with Crippen LogP contribution in [0.15, 0.2) is 72.8 Å². The van der Waals surface area contributed by atoms with Crippen molar-refractivity contribution in [3.63, 3.8) is 0 Å². The molecule has 0 saturated heterocycles. The monoisotopic (exact) mass is 347 g/mol. The number of carbonyl (C=O) groups excluding carboxylic acids is 1. The standard InChI is InChI=1S/C22H25N3O/c1-24(2)15-16-25(17-18-9-4-3-5-10-18)22(26)23-21-14-8-12-19-11-6-7-13-20(19)21/h3-14H,15-17H2,1-2H3,(H,23,26). The van der Waals surface area contributed by atoms with Gasteiger partial charge in [0.1, 0.15) is 0 Å². The molecule has 4 nitrogen and oxygen atoms in total. The minimum atomic E-state index is -0.0768. The summed E-state index contributed by atoms with van der Waals surface area (Å²) >= 11 is 0. The van der Waals surface area contributed by atoms with Crippen LogP contribution >= 0.6 is 0 Å². The molecule has 0 radical (unpaired) electrons. The molecule has 4 heteroatoms. The molecule has 3 aromatic carbocycles. The highest BCUT2D eigenvalue weighted by molar-refractivity contribution is 6.01. The van der Waals surface area contributed by atoms with E-state index < -0.39 is 0 Å². The molecule has 26 heavy (non-hydrogen) atoms. The molecule has 134 valence electrons. The molecule has 1 N–H and O–H groups in total. The van der Waals surface area contributed by atoms with E-state index in [1.54, 1.807) is 0 Å². The third kappa shape index (κ3) is 4.61. The molecule has 0 unspecified atom stereocenters. The summed E-state index contributed by atoms with van der Waals surface area (Å²) in [5.41, 5.74) is 1.97. The van der Waals surface area contributed by atoms with Gasteiger partial charge in [-0.25, -0.2) is 4.79 Å². The average Bonchev–Trinajstić information content (AvgIpc) is 2.66. The summed E-state index contributed by atoms with van der Waals surface area (Å²) < 4.78 is 0. The van der Waals surface area contributed by atoms with Gasteiger partial charge in [0.2, 0.25) is 0 Å². The van der Waals surface area contributed by atoms with Gasteiger partial charge < -0.3 is 15.1 Å². The van der Waals surface area contributed by atoms with Crippen molar-refractivity contribution in [2.24, 2.45) is 0 Å². The Balaban J connectivity index is 1.79. The number of rotatable bonds is 6. The number of hydrogen-bond acceptors (Lipinski definition) is 2. The molecule has 0 saturated carbocycles. The maximum absolute atomic E-state index is 13.0. The van der Waals surface area contributed by atoms with Gasteiger partial charge in [0.05, 0.1) is 5.69 Å². The predicted molar refractivity (Wildman–Crippen MR) is 108 cm³/mol. The number of nitrogens with zero attached hydrogens (tertiary/aromatic N) is 2. The van der Waals surface area contributed by atoms with Gasteiger partial charge in [0.15, 0.2) is 0 Å². The van der Waals surface area contributed by atoms with Crippen LogP contribution < -0.4 is 5.32 Å². The second-order valence-electron chi connectivity index (χ2n) is 6.67. The fraction of sp³-hybridized carbons (Fsp3) is 0.227. The Kier molecular flexibility index (Phi) is 5.87. The van der Waals surface area contributed by atoms with Crippen LogP contribution in [0, 0.1) is 0 Å². The van der Waals surface area contributed by atoms with E-state index in [1.807, 2.05) is 79.7 Å². The molecule has 0 spiro atoms. The Morgan fingerprint density at radius 2 is 1.54 bits per heavy atom. The first-order valence-electron chi connectivity index (χ1n) is 8.86. The van der Waals surface area contributed by atoms with Crippen molar-refractivity contribution in [1.82, 2.24) is 9.80 Å². The number of amides is 2. The maximum Gasteiger partial charge on any atom is 0.322 e. The van der Waals surface area contributed by atoms with Crippen LogP contribution in [0.5, 0.6) is 0 Å². The lowest BCUT2D eigenvalue weighted by molar-refractivity contribution is 0.202. The van der Waals surface area contributed by atoms with Crippen molar-refractivity contribution in [2.75, 3.05) is 32.5 Å². The van der Waals surface area contributed by atoms with Crippen LogP contribution in [0.1, 0.15) is 5.56 Å². The second-order valence-corrected chi connectivity index (χ2v) is 6.67. The number of benzene rings is 3. The molecule has 0 aliphatic carbocycles. The number of fused-ring (bicyclic) bond motifs is 1. The highest BCUT2D eigenvalue weighted by Crippen LogP contribution is 2.23. The molecule has 0 aliphatic heterocycles. The number of carbonyl (C=O) groups is 1. The highest BCUT2D eigenvalue weighted by Gasteiger charge is 2.15. The van der Waals surface area contributed by atoms with Gasteiger partial charge in [0, 0.05) is 25.0 Å². The van der Waals surface area contributed by atoms with E-state index in [9.17, 15) is 4.79 Å². The first-order chi connectivity index (χ1) is 12.6. The summed E-state index contributed by atoms with van der Waals surface area (Å²) in [6, 6.07) is 24.1. The summed E-state index contributed by atoms with van der Waals surface area (Å²) in [6.45, 7) is 2.07. The van der Waals surface area contributed by atoms with Gasteiger partial charge in [-0.15, -0.1) is 0 Å². The summed E-state index contributed by atoms with van der Waals surface area (Å²) in [6.07, 6.45) is 0. The Morgan fingerprint density at radius 1 is 0.846 bits per heavy atom. The molecular formula is C22H25N3O. The van der Waals surface area contributed by atoms with E-state index >= 15 is 0 Å². The highest BCUT2D eigenvalue weighted by atomic mass is 16.2. The SMILES string of the molecule is CN(C)CCN(Cc1ccccc1)C(=O)Nc1cccc2ccccc12. The molecule has 0 bridgehead atoms. The van der Waals surface area contributed by atoms with Crippen LogP contribution in [-0.4, -0.2) is 43.0 Å². The molecule has 3 aromatic rings. The Morgan fingerprint density at radius 3 is 2.31 bits per heavy atom. The van der Waals surface area contributed by atoms with Crippen LogP contribution in [0.3, 0.4) is 0 Å². The smallest absolute Gasteiger partial charge is 0.319 e. The minimum Gasteiger partial charge on any atom is -0.319 e. The lowest BCUT2D eigenvalue weighted by Gasteiger charge is -2.25. The Labute approximate surface area is 155 Å². The number of likely N-dealkylation sites (N-methyl/N-ethyl adjacent to an activating group) is 1. The largest absolute Gasteiger partial charge is 0.322 e. The van der Waals surface area contributed by atoms with Gasteiger partial charge >= 0.3 is 6.03 Å². The van der Waals surface area contributed by atoms with Gasteiger partial charge in [0.25, 0.3) is 0 Å². The normalized spacial score (nSPS) is 10.9. The first kappa shape index (κ1) is 18.0. The zero-order valence-electron chi connectivity index (χ0n) is 15.4. The summed E-state index contributed by atoms with van der Waals surface area (Å²) in [7, 11) is 4.03. The molecule has 0 atom stereocenters. The van der Waals surface area contributed by atoms with Gasteiger partial charge in [-0.3, -0.25) is 0 Å². The van der Waals surface area contributed by atoms with Crippen molar-refractivity contribution < 1.29 is 4.79 Å². The van der Waals surface area contributed by atoms with E-state index in [1.165, 1.54) is 0 Å². The topological polar surface area (TPSA) is 35.6 Å². The third-order valence-electron chi connectivity index (χ3n) is 4.35. The van der Waals surface area contributed by atoms with Gasteiger partial charge in [-0.05, 0) is 31.1 Å². The number of nitrogens with one attached hydrogen (secondary N) is 1. The average molecular weight is 347 g/mol. The van der Waals surface area contributed by atoms with E-state index in [-0.39, 0.29) is 6.03 Å². The van der Waals surface area contributed by atoms with Crippen LogP contribution in [-0.2, 0) is 6.54 Å². The van der Waals surface area contributed by atoms with E-state index in [0.717, 1.165) is 28.6 Å². The van der Waals surface area contributed by atoms with Crippen LogP contribution in [0.4, 0.5) is 10.5 Å². The van der Waals surface area contributed by atoms with Crippen molar-refractivity contribution >= 4 is 22.5 Å². The quantitative estimate of drug-likeness (QED) is 0.716. The molecule has 0 fully saturated rings. The number of hydrogen-bond donors (Lipinski definition) is 1.